The number of halogens is 3. The molecule has 0 radical (unpaired) electrons. The third-order valence-electron chi connectivity index (χ3n) is 3.53. The van der Waals surface area contributed by atoms with Gasteiger partial charge in [-0.15, -0.1) is 0 Å². The Morgan fingerprint density at radius 2 is 2.11 bits per heavy atom. The minimum absolute atomic E-state index is 0.0478. The second kappa shape index (κ2) is 7.02. The van der Waals surface area contributed by atoms with Crippen molar-refractivity contribution in [2.75, 3.05) is 7.11 Å². The van der Waals surface area contributed by atoms with Crippen molar-refractivity contribution in [2.45, 2.75) is 12.7 Å². The number of benzene rings is 1. The van der Waals surface area contributed by atoms with Gasteiger partial charge in [-0.1, -0.05) is 17.3 Å². The normalized spacial score (nSPS) is 11.4. The maximum atomic E-state index is 12.8. The molecule has 3 aromatic rings. The number of carbonyl (C=O) groups excluding carboxylic acids is 1. The lowest BCUT2D eigenvalue weighted by Gasteiger charge is -2.06. The molecule has 27 heavy (non-hydrogen) atoms. The largest absolute Gasteiger partial charge is 0.465 e. The van der Waals surface area contributed by atoms with Gasteiger partial charge in [-0.2, -0.15) is 18.2 Å². The van der Waals surface area contributed by atoms with Crippen LogP contribution in [0.2, 0.25) is 0 Å². The Labute approximate surface area is 149 Å². The zero-order valence-electron chi connectivity index (χ0n) is 13.7. The molecule has 0 unspecified atom stereocenters. The number of hydrogen-bond acceptors (Lipinski definition) is 7. The van der Waals surface area contributed by atoms with Crippen LogP contribution in [0.4, 0.5) is 13.2 Å². The van der Waals surface area contributed by atoms with Gasteiger partial charge in [0.25, 0.3) is 5.56 Å². The molecular formula is C16H11F3N4O4. The van der Waals surface area contributed by atoms with E-state index in [1.54, 1.807) is 0 Å². The van der Waals surface area contributed by atoms with Crippen molar-refractivity contribution in [2.24, 2.45) is 0 Å². The van der Waals surface area contributed by atoms with Crippen LogP contribution in [0.15, 0.2) is 46.1 Å². The Bertz CT molecular complexity index is 1040. The van der Waals surface area contributed by atoms with Crippen molar-refractivity contribution in [3.05, 3.63) is 64.2 Å². The number of alkyl halides is 3. The summed E-state index contributed by atoms with van der Waals surface area (Å²) in [4.78, 5) is 31.5. The number of methoxy groups -OCH3 is 1. The summed E-state index contributed by atoms with van der Waals surface area (Å²) in [6, 6.07) is 4.44. The minimum Gasteiger partial charge on any atom is -0.465 e. The summed E-state index contributed by atoms with van der Waals surface area (Å²) in [5.41, 5.74) is -1.71. The average molecular weight is 380 g/mol. The van der Waals surface area contributed by atoms with E-state index >= 15 is 0 Å². The quantitative estimate of drug-likeness (QED) is 0.639. The average Bonchev–Trinajstić information content (AvgIpc) is 3.11. The van der Waals surface area contributed by atoms with Gasteiger partial charge in [0, 0.05) is 11.8 Å². The van der Waals surface area contributed by atoms with Crippen LogP contribution in [0, 0.1) is 0 Å². The minimum atomic E-state index is -4.50. The summed E-state index contributed by atoms with van der Waals surface area (Å²) in [7, 11) is 1.12. The first-order valence-electron chi connectivity index (χ1n) is 7.42. The molecule has 11 heteroatoms. The number of rotatable bonds is 4. The lowest BCUT2D eigenvalue weighted by Crippen LogP contribution is -2.27. The van der Waals surface area contributed by atoms with E-state index in [-0.39, 0.29) is 29.4 Å². The first-order valence-corrected chi connectivity index (χ1v) is 7.42. The highest BCUT2D eigenvalue weighted by molar-refractivity contribution is 5.88. The van der Waals surface area contributed by atoms with Crippen molar-refractivity contribution < 1.29 is 27.2 Å². The fraction of sp³-hybridized carbons (Fsp3) is 0.188. The molecule has 0 atom stereocenters. The van der Waals surface area contributed by atoms with Crippen LogP contribution in [-0.2, 0) is 17.5 Å². The van der Waals surface area contributed by atoms with Crippen LogP contribution in [0.3, 0.4) is 0 Å². The number of hydrogen-bond donors (Lipinski definition) is 0. The maximum absolute atomic E-state index is 12.8. The van der Waals surface area contributed by atoms with Crippen LogP contribution >= 0.6 is 0 Å². The molecule has 0 N–H and O–H groups in total. The van der Waals surface area contributed by atoms with Crippen molar-refractivity contribution in [1.82, 2.24) is 19.7 Å². The summed E-state index contributed by atoms with van der Waals surface area (Å²) >= 11 is 0. The zero-order chi connectivity index (χ0) is 19.6. The highest BCUT2D eigenvalue weighted by Gasteiger charge is 2.30. The molecule has 0 aliphatic rings. The topological polar surface area (TPSA) is 100 Å². The SMILES string of the molecule is COC(=O)c1cncn(Cc2nc(-c3cccc(C(F)(F)F)c3)no2)c1=O. The molecule has 0 amide bonds. The molecule has 2 heterocycles. The van der Waals surface area contributed by atoms with Crippen molar-refractivity contribution >= 4 is 5.97 Å². The standard InChI is InChI=1S/C16H11F3N4O4/c1-26-15(25)11-6-20-8-23(14(11)24)7-12-21-13(22-27-12)9-3-2-4-10(5-9)16(17,18)19/h2-6,8H,7H2,1H3. The third kappa shape index (κ3) is 3.86. The molecule has 0 aliphatic carbocycles. The summed E-state index contributed by atoms with van der Waals surface area (Å²) in [5, 5.41) is 3.63. The highest BCUT2D eigenvalue weighted by Crippen LogP contribution is 2.31. The van der Waals surface area contributed by atoms with Gasteiger partial charge in [0.1, 0.15) is 12.1 Å². The molecule has 0 aliphatic heterocycles. The van der Waals surface area contributed by atoms with Crippen molar-refractivity contribution in [3.63, 3.8) is 0 Å². The first-order chi connectivity index (χ1) is 12.8. The zero-order valence-corrected chi connectivity index (χ0v) is 13.7. The van der Waals surface area contributed by atoms with Gasteiger partial charge >= 0.3 is 12.1 Å². The summed E-state index contributed by atoms with van der Waals surface area (Å²) in [6.07, 6.45) is -2.29. The van der Waals surface area contributed by atoms with Gasteiger partial charge in [0.05, 0.1) is 19.0 Å². The van der Waals surface area contributed by atoms with Gasteiger partial charge in [-0.05, 0) is 12.1 Å². The molecule has 8 nitrogen and oxygen atoms in total. The highest BCUT2D eigenvalue weighted by atomic mass is 19.4. The summed E-state index contributed by atoms with van der Waals surface area (Å²) in [5.74, 6) is -0.966. The molecule has 0 saturated carbocycles. The molecule has 0 bridgehead atoms. The van der Waals surface area contributed by atoms with Gasteiger partial charge in [0.2, 0.25) is 11.7 Å². The van der Waals surface area contributed by atoms with E-state index in [9.17, 15) is 22.8 Å². The van der Waals surface area contributed by atoms with Gasteiger partial charge < -0.3 is 9.26 Å². The Morgan fingerprint density at radius 1 is 1.33 bits per heavy atom. The lowest BCUT2D eigenvalue weighted by atomic mass is 10.1. The van der Waals surface area contributed by atoms with Crippen LogP contribution in [0.5, 0.6) is 0 Å². The number of esters is 1. The van der Waals surface area contributed by atoms with Crippen LogP contribution in [0.25, 0.3) is 11.4 Å². The molecule has 0 saturated heterocycles. The molecule has 1 aromatic carbocycles. The van der Waals surface area contributed by atoms with Crippen LogP contribution in [0.1, 0.15) is 21.8 Å². The van der Waals surface area contributed by atoms with Gasteiger partial charge in [0.15, 0.2) is 0 Å². The Morgan fingerprint density at radius 3 is 2.81 bits per heavy atom. The number of carbonyl (C=O) groups is 1. The van der Waals surface area contributed by atoms with E-state index in [2.05, 4.69) is 19.9 Å². The van der Waals surface area contributed by atoms with Crippen molar-refractivity contribution in [3.8, 4) is 11.4 Å². The predicted octanol–water partition coefficient (Wildman–Crippen LogP) is 2.15. The Kier molecular flexibility index (Phi) is 4.75. The number of ether oxygens (including phenoxy) is 1. The smallest absolute Gasteiger partial charge is 0.416 e. The monoisotopic (exact) mass is 380 g/mol. The van der Waals surface area contributed by atoms with E-state index in [1.807, 2.05) is 0 Å². The lowest BCUT2D eigenvalue weighted by molar-refractivity contribution is -0.137. The Hall–Kier alpha value is -3.50. The van der Waals surface area contributed by atoms with E-state index in [1.165, 1.54) is 12.1 Å². The molecule has 0 spiro atoms. The predicted molar refractivity (Wildman–Crippen MR) is 83.7 cm³/mol. The van der Waals surface area contributed by atoms with E-state index in [0.717, 1.165) is 36.3 Å². The van der Waals surface area contributed by atoms with E-state index in [4.69, 9.17) is 4.52 Å². The second-order valence-corrected chi connectivity index (χ2v) is 5.32. The molecular weight excluding hydrogens is 369 g/mol. The maximum Gasteiger partial charge on any atom is 0.416 e. The van der Waals surface area contributed by atoms with Gasteiger partial charge in [-0.3, -0.25) is 9.36 Å². The van der Waals surface area contributed by atoms with Crippen LogP contribution in [-0.4, -0.2) is 32.8 Å². The number of nitrogens with zero attached hydrogens (tertiary/aromatic N) is 4. The van der Waals surface area contributed by atoms with Crippen LogP contribution < -0.4 is 5.56 Å². The molecule has 0 fully saturated rings. The van der Waals surface area contributed by atoms with Crippen molar-refractivity contribution in [1.29, 1.82) is 0 Å². The second-order valence-electron chi connectivity index (χ2n) is 5.32. The van der Waals surface area contributed by atoms with E-state index in [0.29, 0.717) is 0 Å². The van der Waals surface area contributed by atoms with E-state index < -0.39 is 23.3 Å². The molecule has 3 rings (SSSR count). The fourth-order valence-electron chi connectivity index (χ4n) is 2.23. The molecule has 2 aromatic heterocycles. The summed E-state index contributed by atoms with van der Waals surface area (Å²) in [6.45, 7) is -0.220. The molecule has 140 valence electrons. The Balaban J connectivity index is 1.88. The third-order valence-corrected chi connectivity index (χ3v) is 3.53. The summed E-state index contributed by atoms with van der Waals surface area (Å²) < 4.78 is 48.9. The first kappa shape index (κ1) is 18.3. The number of aromatic nitrogens is 4. The van der Waals surface area contributed by atoms with Gasteiger partial charge in [-0.25, -0.2) is 9.78 Å². The fourth-order valence-corrected chi connectivity index (χ4v) is 2.23.